The molecule has 0 radical (unpaired) electrons. The maximum Gasteiger partial charge on any atom is 0.192 e. The zero-order valence-electron chi connectivity index (χ0n) is 16.8. The molecule has 26 heavy (non-hydrogen) atoms. The molecular weight excluding hydrogens is 322 g/mol. The van der Waals surface area contributed by atoms with Crippen LogP contribution in [0.15, 0.2) is 23.0 Å². The molecular formula is C23H35NO2. The SMILES string of the molecule is CCCCCCCCCCCCc1c(C)[nH]c2cc(OC)ccc2c1=O. The summed E-state index contributed by atoms with van der Waals surface area (Å²) in [5.41, 5.74) is 2.97. The fourth-order valence-electron chi connectivity index (χ4n) is 3.65. The molecule has 1 N–H and O–H groups in total. The standard InChI is InChI=1S/C23H35NO2/c1-4-5-6-7-8-9-10-11-12-13-14-20-18(2)24-22-17-19(26-3)15-16-21(22)23(20)25/h15-17H,4-14H2,1-3H3,(H,24,25). The van der Waals surface area contributed by atoms with Crippen molar-refractivity contribution in [1.29, 1.82) is 0 Å². The Morgan fingerprint density at radius 1 is 0.923 bits per heavy atom. The van der Waals surface area contributed by atoms with E-state index in [1.54, 1.807) is 7.11 Å². The summed E-state index contributed by atoms with van der Waals surface area (Å²) in [5, 5.41) is 0.762. The van der Waals surface area contributed by atoms with Gasteiger partial charge < -0.3 is 9.72 Å². The van der Waals surface area contributed by atoms with Crippen molar-refractivity contribution in [1.82, 2.24) is 4.98 Å². The molecule has 3 nitrogen and oxygen atoms in total. The molecule has 2 rings (SSSR count). The Kier molecular flexibility index (Phi) is 8.73. The van der Waals surface area contributed by atoms with Crippen molar-refractivity contribution in [2.24, 2.45) is 0 Å². The highest BCUT2D eigenvalue weighted by Crippen LogP contribution is 2.19. The molecule has 2 aromatic rings. The highest BCUT2D eigenvalue weighted by atomic mass is 16.5. The number of aromatic amines is 1. The van der Waals surface area contributed by atoms with Crippen molar-refractivity contribution in [2.45, 2.75) is 84.5 Å². The summed E-state index contributed by atoms with van der Waals surface area (Å²) in [6.07, 6.45) is 14.0. The number of rotatable bonds is 12. The maximum absolute atomic E-state index is 12.8. The summed E-state index contributed by atoms with van der Waals surface area (Å²) < 4.78 is 5.25. The third kappa shape index (κ3) is 5.89. The maximum atomic E-state index is 12.8. The van der Waals surface area contributed by atoms with Gasteiger partial charge in [-0.25, -0.2) is 0 Å². The van der Waals surface area contributed by atoms with Gasteiger partial charge >= 0.3 is 0 Å². The molecule has 0 saturated heterocycles. The van der Waals surface area contributed by atoms with Crippen LogP contribution in [-0.4, -0.2) is 12.1 Å². The van der Waals surface area contributed by atoms with Gasteiger partial charge in [0.05, 0.1) is 12.6 Å². The molecule has 0 aliphatic heterocycles. The highest BCUT2D eigenvalue weighted by Gasteiger charge is 2.09. The number of benzene rings is 1. The molecule has 0 bridgehead atoms. The van der Waals surface area contributed by atoms with E-state index in [1.807, 2.05) is 25.1 Å². The molecule has 0 saturated carbocycles. The van der Waals surface area contributed by atoms with Crippen molar-refractivity contribution < 1.29 is 4.74 Å². The van der Waals surface area contributed by atoms with Gasteiger partial charge in [-0.3, -0.25) is 4.79 Å². The van der Waals surface area contributed by atoms with E-state index >= 15 is 0 Å². The van der Waals surface area contributed by atoms with E-state index < -0.39 is 0 Å². The first-order valence-corrected chi connectivity index (χ1v) is 10.4. The van der Waals surface area contributed by atoms with Crippen molar-refractivity contribution in [3.63, 3.8) is 0 Å². The van der Waals surface area contributed by atoms with Crippen LogP contribution in [0, 0.1) is 6.92 Å². The van der Waals surface area contributed by atoms with Crippen LogP contribution >= 0.6 is 0 Å². The monoisotopic (exact) mass is 357 g/mol. The molecule has 0 aliphatic rings. The third-order valence-corrected chi connectivity index (χ3v) is 5.30. The topological polar surface area (TPSA) is 42.1 Å². The zero-order chi connectivity index (χ0) is 18.8. The minimum absolute atomic E-state index is 0.176. The molecule has 0 aliphatic carbocycles. The third-order valence-electron chi connectivity index (χ3n) is 5.30. The Bertz CT molecular complexity index is 733. The predicted octanol–water partition coefficient (Wildman–Crippen LogP) is 6.31. The average Bonchev–Trinajstić information content (AvgIpc) is 2.65. The van der Waals surface area contributed by atoms with Gasteiger partial charge in [0.15, 0.2) is 5.43 Å². The number of pyridine rings is 1. The lowest BCUT2D eigenvalue weighted by Crippen LogP contribution is -2.13. The molecule has 0 atom stereocenters. The summed E-state index contributed by atoms with van der Waals surface area (Å²) in [4.78, 5) is 16.2. The first-order chi connectivity index (χ1) is 12.7. The first-order valence-electron chi connectivity index (χ1n) is 10.4. The average molecular weight is 358 g/mol. The fraction of sp³-hybridized carbons (Fsp3) is 0.609. The zero-order valence-corrected chi connectivity index (χ0v) is 16.8. The van der Waals surface area contributed by atoms with Gasteiger partial charge in [-0.05, 0) is 31.9 Å². The van der Waals surface area contributed by atoms with Crippen LogP contribution in [0.1, 0.15) is 82.4 Å². The van der Waals surface area contributed by atoms with Gasteiger partial charge in [0.2, 0.25) is 0 Å². The van der Waals surface area contributed by atoms with E-state index in [9.17, 15) is 4.79 Å². The van der Waals surface area contributed by atoms with E-state index in [4.69, 9.17) is 4.74 Å². The molecule has 3 heteroatoms. The van der Waals surface area contributed by atoms with Gasteiger partial charge in [-0.1, -0.05) is 64.7 Å². The fourth-order valence-corrected chi connectivity index (χ4v) is 3.65. The minimum Gasteiger partial charge on any atom is -0.497 e. The molecule has 0 spiro atoms. The number of ether oxygens (including phenoxy) is 1. The predicted molar refractivity (Wildman–Crippen MR) is 111 cm³/mol. The molecule has 144 valence electrons. The Balaban J connectivity index is 1.79. The Morgan fingerprint density at radius 3 is 2.15 bits per heavy atom. The smallest absolute Gasteiger partial charge is 0.192 e. The number of nitrogens with one attached hydrogen (secondary N) is 1. The summed E-state index contributed by atoms with van der Waals surface area (Å²) in [5.74, 6) is 0.773. The second-order valence-electron chi connectivity index (χ2n) is 7.40. The van der Waals surface area contributed by atoms with Crippen molar-refractivity contribution in [3.8, 4) is 5.75 Å². The minimum atomic E-state index is 0.176. The van der Waals surface area contributed by atoms with Gasteiger partial charge in [-0.2, -0.15) is 0 Å². The van der Waals surface area contributed by atoms with Gasteiger partial charge in [0.1, 0.15) is 5.75 Å². The van der Waals surface area contributed by atoms with E-state index in [0.717, 1.165) is 40.8 Å². The lowest BCUT2D eigenvalue weighted by Gasteiger charge is -2.09. The quantitative estimate of drug-likeness (QED) is 0.452. The number of hydrogen-bond donors (Lipinski definition) is 1. The lowest BCUT2D eigenvalue weighted by molar-refractivity contribution is 0.415. The summed E-state index contributed by atoms with van der Waals surface area (Å²) in [7, 11) is 1.64. The number of fused-ring (bicyclic) bond motifs is 1. The molecule has 1 heterocycles. The van der Waals surface area contributed by atoms with Crippen LogP contribution in [0.2, 0.25) is 0 Å². The molecule has 0 amide bonds. The largest absolute Gasteiger partial charge is 0.497 e. The second kappa shape index (κ2) is 11.1. The Hall–Kier alpha value is -1.77. The number of unbranched alkanes of at least 4 members (excludes halogenated alkanes) is 9. The van der Waals surface area contributed by atoms with Crippen LogP contribution < -0.4 is 10.2 Å². The van der Waals surface area contributed by atoms with Crippen molar-refractivity contribution >= 4 is 10.9 Å². The number of H-pyrrole nitrogens is 1. The van der Waals surface area contributed by atoms with Gasteiger partial charge in [0.25, 0.3) is 0 Å². The first kappa shape index (κ1) is 20.5. The Labute approximate surface area is 158 Å². The number of hydrogen-bond acceptors (Lipinski definition) is 2. The Morgan fingerprint density at radius 2 is 1.54 bits per heavy atom. The van der Waals surface area contributed by atoms with E-state index in [1.165, 1.54) is 57.8 Å². The number of aryl methyl sites for hydroxylation is 1. The number of methoxy groups -OCH3 is 1. The van der Waals surface area contributed by atoms with Crippen LogP contribution in [0.4, 0.5) is 0 Å². The van der Waals surface area contributed by atoms with Crippen LogP contribution in [0.3, 0.4) is 0 Å². The highest BCUT2D eigenvalue weighted by molar-refractivity contribution is 5.80. The van der Waals surface area contributed by atoms with E-state index in [2.05, 4.69) is 11.9 Å². The van der Waals surface area contributed by atoms with E-state index in [0.29, 0.717) is 0 Å². The molecule has 0 unspecified atom stereocenters. The van der Waals surface area contributed by atoms with Crippen LogP contribution in [0.25, 0.3) is 10.9 Å². The lowest BCUT2D eigenvalue weighted by atomic mass is 10.0. The van der Waals surface area contributed by atoms with Crippen molar-refractivity contribution in [2.75, 3.05) is 7.11 Å². The van der Waals surface area contributed by atoms with Crippen LogP contribution in [-0.2, 0) is 6.42 Å². The number of aromatic nitrogens is 1. The summed E-state index contributed by atoms with van der Waals surface area (Å²) in [6, 6.07) is 5.62. The normalized spacial score (nSPS) is 11.2. The van der Waals surface area contributed by atoms with E-state index in [-0.39, 0.29) is 5.43 Å². The summed E-state index contributed by atoms with van der Waals surface area (Å²) in [6.45, 7) is 4.27. The van der Waals surface area contributed by atoms with Gasteiger partial charge in [0, 0.05) is 22.7 Å². The molecule has 1 aromatic carbocycles. The van der Waals surface area contributed by atoms with Gasteiger partial charge in [-0.15, -0.1) is 0 Å². The van der Waals surface area contributed by atoms with Crippen LogP contribution in [0.5, 0.6) is 5.75 Å². The molecule has 0 fully saturated rings. The van der Waals surface area contributed by atoms with Crippen molar-refractivity contribution in [3.05, 3.63) is 39.7 Å². The summed E-state index contributed by atoms with van der Waals surface area (Å²) >= 11 is 0. The second-order valence-corrected chi connectivity index (χ2v) is 7.40. The molecule has 1 aromatic heterocycles.